The van der Waals surface area contributed by atoms with Gasteiger partial charge in [0.05, 0.1) is 0 Å². The van der Waals surface area contributed by atoms with Crippen LogP contribution in [0.1, 0.15) is 36.0 Å². The van der Waals surface area contributed by atoms with Gasteiger partial charge >= 0.3 is 0 Å². The summed E-state index contributed by atoms with van der Waals surface area (Å²) in [5, 5.41) is 12.0. The number of hydrogen-bond acceptors (Lipinski definition) is 6. The van der Waals surface area contributed by atoms with Gasteiger partial charge in [0, 0.05) is 11.5 Å². The van der Waals surface area contributed by atoms with E-state index in [0.29, 0.717) is 10.9 Å². The standard InChI is InChI=1S/C15H14N4O2S/c1-9(2)12-11(16-8-21-12)13(20)17-15-19-18-14(22-15)10-6-4-3-5-7-10/h3-9H,1-2H3,(H,17,19,20). The zero-order valence-electron chi connectivity index (χ0n) is 12.1. The van der Waals surface area contributed by atoms with Crippen LogP contribution in [0.2, 0.25) is 0 Å². The molecule has 0 aliphatic carbocycles. The van der Waals surface area contributed by atoms with Crippen LogP contribution >= 0.6 is 11.3 Å². The number of benzene rings is 1. The smallest absolute Gasteiger partial charge is 0.279 e. The second-order valence-electron chi connectivity index (χ2n) is 4.95. The normalized spacial score (nSPS) is 10.9. The summed E-state index contributed by atoms with van der Waals surface area (Å²) in [7, 11) is 0. The number of aromatic nitrogens is 3. The fraction of sp³-hybridized carbons (Fsp3) is 0.200. The first-order valence-electron chi connectivity index (χ1n) is 6.79. The highest BCUT2D eigenvalue weighted by molar-refractivity contribution is 7.18. The highest BCUT2D eigenvalue weighted by Gasteiger charge is 2.20. The molecule has 6 nitrogen and oxygen atoms in total. The number of carbonyl (C=O) groups excluding carboxylic acids is 1. The molecule has 2 heterocycles. The van der Waals surface area contributed by atoms with Crippen LogP contribution in [-0.2, 0) is 0 Å². The Morgan fingerprint density at radius 2 is 2.00 bits per heavy atom. The van der Waals surface area contributed by atoms with Crippen molar-refractivity contribution in [3.05, 3.63) is 48.2 Å². The third-order valence-electron chi connectivity index (χ3n) is 3.00. The first kappa shape index (κ1) is 14.4. The molecule has 3 aromatic rings. The Hall–Kier alpha value is -2.54. The summed E-state index contributed by atoms with van der Waals surface area (Å²) in [6, 6.07) is 9.69. The van der Waals surface area contributed by atoms with Crippen molar-refractivity contribution in [1.29, 1.82) is 0 Å². The molecule has 2 aromatic heterocycles. The van der Waals surface area contributed by atoms with Crippen molar-refractivity contribution in [2.24, 2.45) is 0 Å². The van der Waals surface area contributed by atoms with Crippen LogP contribution in [0.25, 0.3) is 10.6 Å². The fourth-order valence-corrected chi connectivity index (χ4v) is 2.71. The molecule has 0 aliphatic heterocycles. The maximum Gasteiger partial charge on any atom is 0.279 e. The quantitative estimate of drug-likeness (QED) is 0.796. The van der Waals surface area contributed by atoms with Crippen LogP contribution < -0.4 is 5.32 Å². The average Bonchev–Trinajstić information content (AvgIpc) is 3.17. The van der Waals surface area contributed by atoms with Crippen LogP contribution in [0.5, 0.6) is 0 Å². The zero-order valence-corrected chi connectivity index (χ0v) is 12.9. The van der Waals surface area contributed by atoms with E-state index in [1.807, 2.05) is 44.2 Å². The van der Waals surface area contributed by atoms with E-state index in [4.69, 9.17) is 4.42 Å². The summed E-state index contributed by atoms with van der Waals surface area (Å²) in [6.45, 7) is 3.88. The van der Waals surface area contributed by atoms with E-state index in [9.17, 15) is 4.79 Å². The van der Waals surface area contributed by atoms with Crippen LogP contribution in [0.3, 0.4) is 0 Å². The second-order valence-corrected chi connectivity index (χ2v) is 5.93. The fourth-order valence-electron chi connectivity index (χ4n) is 1.96. The molecule has 0 saturated carbocycles. The molecule has 1 aromatic carbocycles. The number of hydrogen-bond donors (Lipinski definition) is 1. The number of anilines is 1. The molecule has 0 unspecified atom stereocenters. The maximum atomic E-state index is 12.3. The summed E-state index contributed by atoms with van der Waals surface area (Å²) in [5.41, 5.74) is 1.25. The van der Waals surface area contributed by atoms with Crippen LogP contribution in [-0.4, -0.2) is 21.1 Å². The Kier molecular flexibility index (Phi) is 3.97. The monoisotopic (exact) mass is 314 g/mol. The highest BCUT2D eigenvalue weighted by Crippen LogP contribution is 2.26. The van der Waals surface area contributed by atoms with Crippen molar-refractivity contribution in [2.45, 2.75) is 19.8 Å². The molecular formula is C15H14N4O2S. The summed E-state index contributed by atoms with van der Waals surface area (Å²) in [6.07, 6.45) is 1.28. The number of carbonyl (C=O) groups is 1. The third kappa shape index (κ3) is 2.89. The molecular weight excluding hydrogens is 300 g/mol. The Morgan fingerprint density at radius 1 is 1.23 bits per heavy atom. The van der Waals surface area contributed by atoms with Gasteiger partial charge in [-0.2, -0.15) is 0 Å². The Labute approximate surface area is 131 Å². The lowest BCUT2D eigenvalue weighted by Crippen LogP contribution is -2.14. The first-order valence-corrected chi connectivity index (χ1v) is 7.60. The minimum atomic E-state index is -0.340. The van der Waals surface area contributed by atoms with Crippen molar-refractivity contribution >= 4 is 22.4 Å². The van der Waals surface area contributed by atoms with Gasteiger partial charge in [0.15, 0.2) is 12.1 Å². The first-order chi connectivity index (χ1) is 10.6. The van der Waals surface area contributed by atoms with Gasteiger partial charge in [-0.05, 0) is 0 Å². The van der Waals surface area contributed by atoms with Gasteiger partial charge < -0.3 is 4.42 Å². The van der Waals surface area contributed by atoms with Crippen molar-refractivity contribution in [3.63, 3.8) is 0 Å². The largest absolute Gasteiger partial charge is 0.447 e. The van der Waals surface area contributed by atoms with Gasteiger partial charge in [0.2, 0.25) is 5.13 Å². The summed E-state index contributed by atoms with van der Waals surface area (Å²) < 4.78 is 5.25. The predicted octanol–water partition coefficient (Wildman–Crippen LogP) is 3.57. The lowest BCUT2D eigenvalue weighted by molar-refractivity contribution is 0.102. The van der Waals surface area contributed by atoms with Gasteiger partial charge in [-0.3, -0.25) is 10.1 Å². The Balaban J connectivity index is 1.78. The van der Waals surface area contributed by atoms with E-state index in [-0.39, 0.29) is 17.5 Å². The molecule has 1 amide bonds. The Bertz CT molecular complexity index is 780. The van der Waals surface area contributed by atoms with Crippen molar-refractivity contribution in [2.75, 3.05) is 5.32 Å². The van der Waals surface area contributed by atoms with E-state index in [1.165, 1.54) is 17.7 Å². The maximum absolute atomic E-state index is 12.3. The molecule has 7 heteroatoms. The van der Waals surface area contributed by atoms with Gasteiger partial charge in [-0.15, -0.1) is 10.2 Å². The van der Waals surface area contributed by atoms with Gasteiger partial charge in [0.1, 0.15) is 10.8 Å². The summed E-state index contributed by atoms with van der Waals surface area (Å²) in [5.74, 6) is 0.302. The lowest BCUT2D eigenvalue weighted by Gasteiger charge is -2.02. The molecule has 0 bridgehead atoms. The van der Waals surface area contributed by atoms with E-state index in [0.717, 1.165) is 10.6 Å². The average molecular weight is 314 g/mol. The van der Waals surface area contributed by atoms with Crippen molar-refractivity contribution in [3.8, 4) is 10.6 Å². The summed E-state index contributed by atoms with van der Waals surface area (Å²) in [4.78, 5) is 16.2. The van der Waals surface area contributed by atoms with E-state index in [1.54, 1.807) is 0 Å². The molecule has 0 saturated heterocycles. The number of rotatable bonds is 4. The molecule has 0 fully saturated rings. The number of amides is 1. The van der Waals surface area contributed by atoms with Crippen LogP contribution in [0, 0.1) is 0 Å². The minimum absolute atomic E-state index is 0.0811. The summed E-state index contributed by atoms with van der Waals surface area (Å²) >= 11 is 1.31. The minimum Gasteiger partial charge on any atom is -0.447 e. The van der Waals surface area contributed by atoms with Gasteiger partial charge in [0.25, 0.3) is 5.91 Å². The van der Waals surface area contributed by atoms with Crippen molar-refractivity contribution in [1.82, 2.24) is 15.2 Å². The highest BCUT2D eigenvalue weighted by atomic mass is 32.1. The molecule has 0 radical (unpaired) electrons. The number of nitrogens with zero attached hydrogens (tertiary/aromatic N) is 3. The Morgan fingerprint density at radius 3 is 2.73 bits per heavy atom. The van der Waals surface area contributed by atoms with Crippen LogP contribution in [0.15, 0.2) is 41.1 Å². The molecule has 1 N–H and O–H groups in total. The van der Waals surface area contributed by atoms with Gasteiger partial charge in [-0.25, -0.2) is 4.98 Å². The van der Waals surface area contributed by atoms with Crippen LogP contribution in [0.4, 0.5) is 5.13 Å². The molecule has 112 valence electrons. The molecule has 0 spiro atoms. The lowest BCUT2D eigenvalue weighted by atomic mass is 10.1. The molecule has 22 heavy (non-hydrogen) atoms. The van der Waals surface area contributed by atoms with E-state index in [2.05, 4.69) is 20.5 Å². The number of nitrogens with one attached hydrogen (secondary N) is 1. The third-order valence-corrected chi connectivity index (χ3v) is 3.89. The van der Waals surface area contributed by atoms with Gasteiger partial charge in [-0.1, -0.05) is 55.5 Å². The topological polar surface area (TPSA) is 80.9 Å². The number of oxazole rings is 1. The second kappa shape index (κ2) is 6.07. The SMILES string of the molecule is CC(C)c1ocnc1C(=O)Nc1nnc(-c2ccccc2)s1. The van der Waals surface area contributed by atoms with E-state index < -0.39 is 0 Å². The zero-order chi connectivity index (χ0) is 15.5. The molecule has 0 aliphatic rings. The molecule has 3 rings (SSSR count). The molecule has 0 atom stereocenters. The van der Waals surface area contributed by atoms with E-state index >= 15 is 0 Å². The van der Waals surface area contributed by atoms with Crippen molar-refractivity contribution < 1.29 is 9.21 Å². The predicted molar refractivity (Wildman–Crippen MR) is 83.9 cm³/mol.